The fourth-order valence-electron chi connectivity index (χ4n) is 2.71. The summed E-state index contributed by atoms with van der Waals surface area (Å²) in [6.45, 7) is 3.06. The Morgan fingerprint density at radius 1 is 1.11 bits per heavy atom. The van der Waals surface area contributed by atoms with Crippen molar-refractivity contribution in [3.63, 3.8) is 0 Å². The second-order valence-corrected chi connectivity index (χ2v) is 5.10. The van der Waals surface area contributed by atoms with Crippen LogP contribution in [0.5, 0.6) is 0 Å². The van der Waals surface area contributed by atoms with Crippen LogP contribution in [0.25, 0.3) is 0 Å². The second kappa shape index (κ2) is 4.88. The number of anilines is 1. The van der Waals surface area contributed by atoms with Crippen molar-refractivity contribution >= 4 is 11.5 Å². The minimum absolute atomic E-state index is 0.602. The zero-order chi connectivity index (χ0) is 13.2. The van der Waals surface area contributed by atoms with E-state index in [0.29, 0.717) is 5.84 Å². The largest absolute Gasteiger partial charge is 0.326 e. The highest BCUT2D eigenvalue weighted by Gasteiger charge is 2.20. The maximum atomic E-state index is 8.43. The van der Waals surface area contributed by atoms with E-state index in [9.17, 15) is 0 Å². The number of fused-ring (bicyclic) bond motifs is 1. The van der Waals surface area contributed by atoms with Crippen LogP contribution in [-0.2, 0) is 6.42 Å². The first-order chi connectivity index (χ1) is 9.25. The molecule has 3 rings (SSSR count). The second-order valence-electron chi connectivity index (χ2n) is 5.10. The molecular weight excluding hydrogens is 232 g/mol. The number of amidine groups is 1. The Bertz CT molecular complexity index is 602. The van der Waals surface area contributed by atoms with Crippen molar-refractivity contribution in [2.75, 3.05) is 11.4 Å². The number of hydrogen-bond acceptors (Lipinski definition) is 1. The topological polar surface area (TPSA) is 27.1 Å². The van der Waals surface area contributed by atoms with Gasteiger partial charge in [-0.3, -0.25) is 5.41 Å². The molecule has 0 bridgehead atoms. The normalized spacial score (nSPS) is 14.1. The van der Waals surface area contributed by atoms with Gasteiger partial charge in [-0.05, 0) is 31.4 Å². The zero-order valence-electron chi connectivity index (χ0n) is 11.2. The SMILES string of the molecule is Cc1ccc2c(c1)CCCN2C(=N)c1ccccc1. The highest BCUT2D eigenvalue weighted by atomic mass is 15.2. The molecule has 2 aromatic rings. The third-order valence-electron chi connectivity index (χ3n) is 3.67. The molecule has 0 spiro atoms. The zero-order valence-corrected chi connectivity index (χ0v) is 11.2. The summed E-state index contributed by atoms with van der Waals surface area (Å²) in [5, 5.41) is 8.43. The summed E-state index contributed by atoms with van der Waals surface area (Å²) in [7, 11) is 0. The number of aryl methyl sites for hydroxylation is 2. The molecule has 0 unspecified atom stereocenters. The Balaban J connectivity index is 1.98. The number of nitrogens with zero attached hydrogens (tertiary/aromatic N) is 1. The molecule has 2 nitrogen and oxygen atoms in total. The molecule has 2 heteroatoms. The third kappa shape index (κ3) is 2.26. The maximum Gasteiger partial charge on any atom is 0.132 e. The number of benzene rings is 2. The highest BCUT2D eigenvalue weighted by Crippen LogP contribution is 2.29. The minimum atomic E-state index is 0.602. The van der Waals surface area contributed by atoms with Gasteiger partial charge in [0.15, 0.2) is 0 Å². The smallest absolute Gasteiger partial charge is 0.132 e. The average molecular weight is 250 g/mol. The van der Waals surface area contributed by atoms with Gasteiger partial charge in [0.05, 0.1) is 0 Å². The molecule has 2 aromatic carbocycles. The Morgan fingerprint density at radius 2 is 1.89 bits per heavy atom. The van der Waals surface area contributed by atoms with Gasteiger partial charge in [0.1, 0.15) is 5.84 Å². The predicted molar refractivity (Wildman–Crippen MR) is 80.1 cm³/mol. The van der Waals surface area contributed by atoms with Gasteiger partial charge in [-0.15, -0.1) is 0 Å². The summed E-state index contributed by atoms with van der Waals surface area (Å²) in [6, 6.07) is 16.5. The fourth-order valence-corrected chi connectivity index (χ4v) is 2.71. The first-order valence-electron chi connectivity index (χ1n) is 6.77. The molecule has 0 radical (unpaired) electrons. The van der Waals surface area contributed by atoms with Crippen molar-refractivity contribution < 1.29 is 0 Å². The molecule has 0 saturated carbocycles. The number of hydrogen-bond donors (Lipinski definition) is 1. The standard InChI is InChI=1S/C17H18N2/c1-13-9-10-16-15(12-13)8-5-11-19(16)17(18)14-6-3-2-4-7-14/h2-4,6-7,9-10,12,18H,5,8,11H2,1H3. The molecule has 1 heterocycles. The predicted octanol–water partition coefficient (Wildman–Crippen LogP) is 3.77. The van der Waals surface area contributed by atoms with Crippen LogP contribution >= 0.6 is 0 Å². The van der Waals surface area contributed by atoms with Gasteiger partial charge in [0.2, 0.25) is 0 Å². The van der Waals surface area contributed by atoms with Crippen LogP contribution in [0.1, 0.15) is 23.1 Å². The van der Waals surface area contributed by atoms with E-state index in [-0.39, 0.29) is 0 Å². The first-order valence-corrected chi connectivity index (χ1v) is 6.77. The Hall–Kier alpha value is -2.09. The van der Waals surface area contributed by atoms with Gasteiger partial charge in [-0.25, -0.2) is 0 Å². The maximum absolute atomic E-state index is 8.43. The van der Waals surface area contributed by atoms with Gasteiger partial charge in [0, 0.05) is 17.8 Å². The summed E-state index contributed by atoms with van der Waals surface area (Å²) in [4.78, 5) is 2.13. The summed E-state index contributed by atoms with van der Waals surface area (Å²) in [5.74, 6) is 0.602. The lowest BCUT2D eigenvalue weighted by Gasteiger charge is -2.31. The van der Waals surface area contributed by atoms with Crippen molar-refractivity contribution in [2.24, 2.45) is 0 Å². The molecule has 1 aliphatic rings. The van der Waals surface area contributed by atoms with E-state index in [1.165, 1.54) is 16.8 Å². The van der Waals surface area contributed by atoms with E-state index >= 15 is 0 Å². The quantitative estimate of drug-likeness (QED) is 0.605. The van der Waals surface area contributed by atoms with E-state index in [4.69, 9.17) is 5.41 Å². The summed E-state index contributed by atoms with van der Waals surface area (Å²) in [6.07, 6.45) is 2.24. The molecule has 19 heavy (non-hydrogen) atoms. The van der Waals surface area contributed by atoms with Gasteiger partial charge in [-0.1, -0.05) is 48.0 Å². The van der Waals surface area contributed by atoms with Crippen LogP contribution in [0.2, 0.25) is 0 Å². The summed E-state index contributed by atoms with van der Waals surface area (Å²) >= 11 is 0. The van der Waals surface area contributed by atoms with Crippen LogP contribution in [-0.4, -0.2) is 12.4 Å². The molecule has 1 N–H and O–H groups in total. The van der Waals surface area contributed by atoms with Gasteiger partial charge >= 0.3 is 0 Å². The van der Waals surface area contributed by atoms with Gasteiger partial charge in [0.25, 0.3) is 0 Å². The minimum Gasteiger partial charge on any atom is -0.326 e. The van der Waals surface area contributed by atoms with Crippen molar-refractivity contribution in [3.05, 3.63) is 65.2 Å². The van der Waals surface area contributed by atoms with Crippen molar-refractivity contribution in [3.8, 4) is 0 Å². The fraction of sp³-hybridized carbons (Fsp3) is 0.235. The molecule has 0 amide bonds. The highest BCUT2D eigenvalue weighted by molar-refractivity contribution is 6.08. The lowest BCUT2D eigenvalue weighted by atomic mass is 9.98. The lowest BCUT2D eigenvalue weighted by Crippen LogP contribution is -2.35. The van der Waals surface area contributed by atoms with E-state index in [1.54, 1.807) is 0 Å². The monoisotopic (exact) mass is 250 g/mol. The third-order valence-corrected chi connectivity index (χ3v) is 3.67. The van der Waals surface area contributed by atoms with Crippen LogP contribution in [0, 0.1) is 12.3 Å². The molecule has 0 atom stereocenters. The molecule has 96 valence electrons. The number of nitrogens with one attached hydrogen (secondary N) is 1. The first kappa shape index (κ1) is 12.0. The van der Waals surface area contributed by atoms with Crippen molar-refractivity contribution in [1.82, 2.24) is 0 Å². The van der Waals surface area contributed by atoms with Gasteiger partial charge in [-0.2, -0.15) is 0 Å². The molecule has 0 fully saturated rings. The van der Waals surface area contributed by atoms with Crippen molar-refractivity contribution in [1.29, 1.82) is 5.41 Å². The molecule has 1 aliphatic heterocycles. The van der Waals surface area contributed by atoms with Crippen LogP contribution < -0.4 is 4.90 Å². The van der Waals surface area contributed by atoms with Crippen LogP contribution in [0.4, 0.5) is 5.69 Å². The molecule has 0 aliphatic carbocycles. The van der Waals surface area contributed by atoms with E-state index in [2.05, 4.69) is 30.0 Å². The van der Waals surface area contributed by atoms with Crippen LogP contribution in [0.15, 0.2) is 48.5 Å². The lowest BCUT2D eigenvalue weighted by molar-refractivity contribution is 0.775. The molecule has 0 saturated heterocycles. The average Bonchev–Trinajstić information content (AvgIpc) is 2.46. The summed E-state index contributed by atoms with van der Waals surface area (Å²) < 4.78 is 0. The molecular formula is C17H18N2. The van der Waals surface area contributed by atoms with E-state index in [0.717, 1.165) is 24.9 Å². The van der Waals surface area contributed by atoms with E-state index in [1.807, 2.05) is 30.3 Å². The number of rotatable bonds is 1. The molecule has 0 aromatic heterocycles. The van der Waals surface area contributed by atoms with E-state index < -0.39 is 0 Å². The van der Waals surface area contributed by atoms with Gasteiger partial charge < -0.3 is 4.90 Å². The summed E-state index contributed by atoms with van der Waals surface area (Å²) in [5.41, 5.74) is 4.85. The van der Waals surface area contributed by atoms with Crippen molar-refractivity contribution in [2.45, 2.75) is 19.8 Å². The Morgan fingerprint density at radius 3 is 2.68 bits per heavy atom. The Labute approximate surface area is 114 Å². The van der Waals surface area contributed by atoms with Crippen LogP contribution in [0.3, 0.4) is 0 Å². The Kier molecular flexibility index (Phi) is 3.08.